The fourth-order valence-corrected chi connectivity index (χ4v) is 1.74. The molecule has 0 bridgehead atoms. The molecule has 2 aromatic carbocycles. The Balaban J connectivity index is 1.93. The largest absolute Gasteiger partial charge is 0.358 e. The Hall–Kier alpha value is -2.80. The Bertz CT molecular complexity index is 740. The molecular weight excluding hydrogens is 226 g/mol. The average molecular weight is 235 g/mol. The first kappa shape index (κ1) is 10.4. The van der Waals surface area contributed by atoms with Crippen molar-refractivity contribution in [1.29, 1.82) is 5.26 Å². The Morgan fingerprint density at radius 3 is 2.72 bits per heavy atom. The van der Waals surface area contributed by atoms with Gasteiger partial charge in [-0.05, 0) is 22.9 Å². The third kappa shape index (κ3) is 1.89. The predicted molar refractivity (Wildman–Crippen MR) is 66.9 cm³/mol. The van der Waals surface area contributed by atoms with Crippen LogP contribution in [0.2, 0.25) is 0 Å². The van der Waals surface area contributed by atoms with E-state index in [2.05, 4.69) is 5.10 Å². The molecule has 86 valence electrons. The standard InChI is InChI=1S/C14H9N3O/c15-8-11-9-16-17(10-11)18-14-6-5-12-3-1-2-4-13(12)7-14/h1-7,9-10H. The smallest absolute Gasteiger partial charge is 0.158 e. The van der Waals surface area contributed by atoms with Gasteiger partial charge in [-0.25, -0.2) is 0 Å². The molecule has 1 heterocycles. The van der Waals surface area contributed by atoms with Gasteiger partial charge in [0.1, 0.15) is 6.07 Å². The zero-order valence-electron chi connectivity index (χ0n) is 9.45. The average Bonchev–Trinajstić information content (AvgIpc) is 2.86. The number of hydrogen-bond donors (Lipinski definition) is 0. The molecule has 0 atom stereocenters. The fraction of sp³-hybridized carbons (Fsp3) is 0. The Kier molecular flexibility index (Phi) is 2.43. The Labute approximate surface area is 104 Å². The first-order valence-corrected chi connectivity index (χ1v) is 5.47. The van der Waals surface area contributed by atoms with Gasteiger partial charge in [0.05, 0.1) is 18.0 Å². The Morgan fingerprint density at radius 1 is 1.11 bits per heavy atom. The zero-order valence-corrected chi connectivity index (χ0v) is 9.45. The summed E-state index contributed by atoms with van der Waals surface area (Å²) in [5.74, 6) is 0.682. The van der Waals surface area contributed by atoms with Crippen molar-refractivity contribution in [2.24, 2.45) is 0 Å². The van der Waals surface area contributed by atoms with E-state index >= 15 is 0 Å². The molecule has 4 heteroatoms. The number of benzene rings is 2. The lowest BCUT2D eigenvalue weighted by Crippen LogP contribution is -2.04. The minimum absolute atomic E-state index is 0.468. The second-order valence-corrected chi connectivity index (χ2v) is 3.84. The molecule has 0 saturated carbocycles. The van der Waals surface area contributed by atoms with Crippen molar-refractivity contribution in [2.75, 3.05) is 0 Å². The first-order valence-electron chi connectivity index (χ1n) is 5.47. The molecule has 0 saturated heterocycles. The molecule has 1 aromatic heterocycles. The van der Waals surface area contributed by atoms with Crippen LogP contribution in [0.4, 0.5) is 0 Å². The van der Waals surface area contributed by atoms with Crippen LogP contribution in [0.3, 0.4) is 0 Å². The summed E-state index contributed by atoms with van der Waals surface area (Å²) < 4.78 is 0. The fourth-order valence-electron chi connectivity index (χ4n) is 1.74. The molecule has 4 nitrogen and oxygen atoms in total. The molecule has 0 aliphatic rings. The van der Waals surface area contributed by atoms with Crippen LogP contribution >= 0.6 is 0 Å². The van der Waals surface area contributed by atoms with Gasteiger partial charge < -0.3 is 4.84 Å². The van der Waals surface area contributed by atoms with Gasteiger partial charge in [-0.3, -0.25) is 0 Å². The number of hydrogen-bond acceptors (Lipinski definition) is 3. The summed E-state index contributed by atoms with van der Waals surface area (Å²) in [4.78, 5) is 6.80. The second-order valence-electron chi connectivity index (χ2n) is 3.84. The molecule has 0 N–H and O–H groups in total. The molecular formula is C14H9N3O. The maximum Gasteiger partial charge on any atom is 0.158 e. The molecule has 0 unspecified atom stereocenters. The zero-order chi connectivity index (χ0) is 12.4. The van der Waals surface area contributed by atoms with E-state index in [1.165, 1.54) is 17.2 Å². The van der Waals surface area contributed by atoms with Crippen molar-refractivity contribution in [3.05, 3.63) is 60.4 Å². The summed E-state index contributed by atoms with van der Waals surface area (Å²) in [5.41, 5.74) is 0.468. The molecule has 0 spiro atoms. The van der Waals surface area contributed by atoms with E-state index in [4.69, 9.17) is 10.1 Å². The topological polar surface area (TPSA) is 50.8 Å². The predicted octanol–water partition coefficient (Wildman–Crippen LogP) is 2.75. The van der Waals surface area contributed by atoms with Crippen molar-refractivity contribution in [3.8, 4) is 11.8 Å². The van der Waals surface area contributed by atoms with Gasteiger partial charge in [-0.2, -0.15) is 5.26 Å². The van der Waals surface area contributed by atoms with Crippen molar-refractivity contribution < 1.29 is 4.84 Å². The molecule has 18 heavy (non-hydrogen) atoms. The van der Waals surface area contributed by atoms with Gasteiger partial charge in [0.25, 0.3) is 0 Å². The van der Waals surface area contributed by atoms with Crippen LogP contribution in [0, 0.1) is 11.3 Å². The van der Waals surface area contributed by atoms with Gasteiger partial charge in [-0.15, -0.1) is 5.10 Å². The number of aromatic nitrogens is 2. The molecule has 0 fully saturated rings. The summed E-state index contributed by atoms with van der Waals surface area (Å²) in [5, 5.41) is 14.9. The van der Waals surface area contributed by atoms with E-state index in [0.717, 1.165) is 10.8 Å². The van der Waals surface area contributed by atoms with Gasteiger partial charge in [-0.1, -0.05) is 35.2 Å². The van der Waals surface area contributed by atoms with Crippen LogP contribution in [0.1, 0.15) is 5.56 Å². The van der Waals surface area contributed by atoms with Crippen molar-refractivity contribution in [1.82, 2.24) is 9.94 Å². The lowest BCUT2D eigenvalue weighted by molar-refractivity contribution is 0.179. The molecule has 0 radical (unpaired) electrons. The van der Waals surface area contributed by atoms with E-state index in [1.54, 1.807) is 0 Å². The number of nitriles is 1. The maximum absolute atomic E-state index is 8.70. The minimum Gasteiger partial charge on any atom is -0.358 e. The highest BCUT2D eigenvalue weighted by atomic mass is 16.7. The van der Waals surface area contributed by atoms with Crippen LogP contribution in [0.5, 0.6) is 5.75 Å². The lowest BCUT2D eigenvalue weighted by Gasteiger charge is -2.05. The van der Waals surface area contributed by atoms with Gasteiger partial charge in [0.2, 0.25) is 0 Å². The first-order chi connectivity index (χ1) is 8.85. The quantitative estimate of drug-likeness (QED) is 0.686. The number of fused-ring (bicyclic) bond motifs is 1. The van der Waals surface area contributed by atoms with E-state index in [0.29, 0.717) is 11.3 Å². The highest BCUT2D eigenvalue weighted by molar-refractivity contribution is 5.83. The highest BCUT2D eigenvalue weighted by Crippen LogP contribution is 2.20. The van der Waals surface area contributed by atoms with Crippen molar-refractivity contribution in [3.63, 3.8) is 0 Å². The molecule has 0 amide bonds. The molecule has 0 aliphatic carbocycles. The van der Waals surface area contributed by atoms with Gasteiger partial charge in [0.15, 0.2) is 5.75 Å². The van der Waals surface area contributed by atoms with Crippen LogP contribution in [-0.2, 0) is 0 Å². The summed E-state index contributed by atoms with van der Waals surface area (Å²) >= 11 is 0. The lowest BCUT2D eigenvalue weighted by atomic mass is 10.1. The normalized spacial score (nSPS) is 10.2. The third-order valence-electron chi connectivity index (χ3n) is 2.61. The summed E-state index contributed by atoms with van der Waals surface area (Å²) in [6, 6.07) is 15.8. The van der Waals surface area contributed by atoms with E-state index < -0.39 is 0 Å². The SMILES string of the molecule is N#Cc1cnn(Oc2ccc3ccccc3c2)c1. The Morgan fingerprint density at radius 2 is 1.94 bits per heavy atom. The van der Waals surface area contributed by atoms with Gasteiger partial charge >= 0.3 is 0 Å². The van der Waals surface area contributed by atoms with Crippen LogP contribution < -0.4 is 4.84 Å². The molecule has 3 rings (SSSR count). The van der Waals surface area contributed by atoms with E-state index in [9.17, 15) is 0 Å². The third-order valence-corrected chi connectivity index (χ3v) is 2.61. The second kappa shape index (κ2) is 4.22. The van der Waals surface area contributed by atoms with Crippen LogP contribution in [-0.4, -0.2) is 9.94 Å². The summed E-state index contributed by atoms with van der Waals surface area (Å²) in [6.07, 6.45) is 3.00. The summed E-state index contributed by atoms with van der Waals surface area (Å²) in [7, 11) is 0. The maximum atomic E-state index is 8.70. The van der Waals surface area contributed by atoms with Gasteiger partial charge in [0, 0.05) is 0 Å². The summed E-state index contributed by atoms with van der Waals surface area (Å²) in [6.45, 7) is 0. The highest BCUT2D eigenvalue weighted by Gasteiger charge is 2.01. The number of nitrogens with zero attached hydrogens (tertiary/aromatic N) is 3. The molecule has 0 aliphatic heterocycles. The van der Waals surface area contributed by atoms with E-state index in [-0.39, 0.29) is 0 Å². The minimum atomic E-state index is 0.468. The molecule has 3 aromatic rings. The number of rotatable bonds is 2. The van der Waals surface area contributed by atoms with Crippen LogP contribution in [0.25, 0.3) is 10.8 Å². The monoisotopic (exact) mass is 235 g/mol. The van der Waals surface area contributed by atoms with Crippen molar-refractivity contribution >= 4 is 10.8 Å². The van der Waals surface area contributed by atoms with Crippen LogP contribution in [0.15, 0.2) is 54.9 Å². The van der Waals surface area contributed by atoms with Crippen molar-refractivity contribution in [2.45, 2.75) is 0 Å². The van der Waals surface area contributed by atoms with E-state index in [1.807, 2.05) is 48.5 Å².